The molecule has 3 saturated heterocycles. The molecule has 0 saturated carbocycles. The fourth-order valence-electron chi connectivity index (χ4n) is 8.70. The van der Waals surface area contributed by atoms with Crippen LogP contribution in [0.2, 0.25) is 11.1 Å². The molecule has 2 amide bonds. The number of likely N-dealkylation sites (tertiary alicyclic amines) is 1. The normalized spacial score (nSPS) is 28.2. The van der Waals surface area contributed by atoms with E-state index in [4.69, 9.17) is 18.3 Å². The lowest BCUT2D eigenvalue weighted by atomic mass is 9.72. The van der Waals surface area contributed by atoms with Crippen molar-refractivity contribution in [3.8, 4) is 11.1 Å². The lowest BCUT2D eigenvalue weighted by Crippen LogP contribution is -2.75. The summed E-state index contributed by atoms with van der Waals surface area (Å²) in [6, 6.07) is 16.4. The quantitative estimate of drug-likeness (QED) is 0.170. The second kappa shape index (κ2) is 13.7. The number of alkyl carbamates (subject to hydrolysis) is 1. The molecule has 6 atom stereocenters. The van der Waals surface area contributed by atoms with Crippen LogP contribution < -0.4 is 5.32 Å². The highest BCUT2D eigenvalue weighted by atomic mass is 28.4. The highest BCUT2D eigenvalue weighted by Gasteiger charge is 2.83. The number of nitrogens with one attached hydrogen (secondary N) is 1. The number of carbonyl (C=O) groups excluding carboxylic acids is 3. The summed E-state index contributed by atoms with van der Waals surface area (Å²) in [5.41, 5.74) is 2.25. The Morgan fingerprint density at radius 3 is 2.28 bits per heavy atom. The molecule has 3 heterocycles. The Labute approximate surface area is 296 Å². The average Bonchev–Trinajstić information content (AvgIpc) is 3.62. The predicted octanol–water partition coefficient (Wildman–Crippen LogP) is 5.84. The van der Waals surface area contributed by atoms with Gasteiger partial charge >= 0.3 is 20.6 Å². The maximum absolute atomic E-state index is 13.7. The third-order valence-corrected chi connectivity index (χ3v) is 16.0. The summed E-state index contributed by atoms with van der Waals surface area (Å²) in [6.07, 6.45) is 5.11. The molecule has 3 fully saturated rings. The average molecular weight is 703 g/mol. The van der Waals surface area contributed by atoms with Crippen molar-refractivity contribution >= 4 is 26.5 Å². The van der Waals surface area contributed by atoms with Crippen molar-refractivity contribution in [3.63, 3.8) is 0 Å². The van der Waals surface area contributed by atoms with Crippen LogP contribution in [0.25, 0.3) is 11.1 Å². The van der Waals surface area contributed by atoms with E-state index in [0.717, 1.165) is 11.1 Å². The van der Waals surface area contributed by atoms with E-state index < -0.39 is 49.9 Å². The number of esters is 1. The molecule has 2 N–H and O–H groups in total. The lowest BCUT2D eigenvalue weighted by Gasteiger charge is -2.55. The van der Waals surface area contributed by atoms with Crippen LogP contribution >= 0.6 is 0 Å². The van der Waals surface area contributed by atoms with E-state index in [2.05, 4.69) is 57.3 Å². The van der Waals surface area contributed by atoms with E-state index in [1.54, 1.807) is 31.4 Å². The molecule has 3 aliphatic heterocycles. The number of amides is 2. The molecule has 1 aliphatic carbocycles. The van der Waals surface area contributed by atoms with E-state index in [9.17, 15) is 19.5 Å². The van der Waals surface area contributed by atoms with Gasteiger partial charge in [-0.3, -0.25) is 4.79 Å². The van der Waals surface area contributed by atoms with E-state index in [0.29, 0.717) is 6.42 Å². The Hall–Kier alpha value is -3.77. The molecular weight excluding hydrogens is 653 g/mol. The topological polar surface area (TPSA) is 124 Å². The van der Waals surface area contributed by atoms with Gasteiger partial charge in [0, 0.05) is 19.5 Å². The fraction of sp³-hybridized carbons (Fsp3) is 0.513. The van der Waals surface area contributed by atoms with Crippen molar-refractivity contribution in [2.24, 2.45) is 11.8 Å². The molecule has 0 spiro atoms. The molecule has 6 rings (SSSR count). The Kier molecular flexibility index (Phi) is 9.90. The molecule has 11 heteroatoms. The number of cyclic esters (lactones) is 1. The van der Waals surface area contributed by atoms with E-state index in [1.165, 1.54) is 16.0 Å². The van der Waals surface area contributed by atoms with Crippen molar-refractivity contribution in [1.82, 2.24) is 10.2 Å². The Balaban J connectivity index is 1.04. The zero-order valence-corrected chi connectivity index (χ0v) is 31.1. The first-order valence-electron chi connectivity index (χ1n) is 17.7. The minimum atomic E-state index is -2.89. The minimum Gasteiger partial charge on any atom is -0.457 e. The lowest BCUT2D eigenvalue weighted by molar-refractivity contribution is -0.158. The molecule has 1 unspecified atom stereocenters. The Morgan fingerprint density at radius 2 is 1.66 bits per heavy atom. The van der Waals surface area contributed by atoms with Crippen molar-refractivity contribution in [1.29, 1.82) is 0 Å². The summed E-state index contributed by atoms with van der Waals surface area (Å²) in [6.45, 7) is 12.6. The number of hydrogen-bond acceptors (Lipinski definition) is 8. The summed E-state index contributed by atoms with van der Waals surface area (Å²) >= 11 is 0. The van der Waals surface area contributed by atoms with Gasteiger partial charge in [-0.25, -0.2) is 9.59 Å². The summed E-state index contributed by atoms with van der Waals surface area (Å²) in [5, 5.41) is 13.9. The third kappa shape index (κ3) is 5.53. The number of aliphatic hydroxyl groups excluding tert-OH is 1. The number of fused-ring (bicyclic) bond motifs is 3. The largest absolute Gasteiger partial charge is 0.457 e. The van der Waals surface area contributed by atoms with Gasteiger partial charge in [-0.15, -0.1) is 0 Å². The molecule has 268 valence electrons. The van der Waals surface area contributed by atoms with Crippen LogP contribution in [0.4, 0.5) is 4.79 Å². The number of allylic oxidation sites excluding steroid dienone is 2. The monoisotopic (exact) mass is 702 g/mol. The number of rotatable bonds is 11. The first kappa shape index (κ1) is 36.0. The second-order valence-corrected chi connectivity index (χ2v) is 19.1. The van der Waals surface area contributed by atoms with Gasteiger partial charge in [0.15, 0.2) is 5.54 Å². The number of benzene rings is 2. The number of aliphatic hydroxyl groups is 1. The zero-order chi connectivity index (χ0) is 36.0. The third-order valence-electron chi connectivity index (χ3n) is 11.5. The number of likely N-dealkylation sites (N-methyl/N-ethyl adjacent to an activating group) is 1. The number of nitrogens with zero attached hydrogens (tertiary/aromatic N) is 1. The Bertz CT molecular complexity index is 1640. The Morgan fingerprint density at radius 1 is 1.04 bits per heavy atom. The summed E-state index contributed by atoms with van der Waals surface area (Å²) < 4.78 is 25.3. The van der Waals surface area contributed by atoms with Gasteiger partial charge in [-0.1, -0.05) is 114 Å². The smallest absolute Gasteiger partial charge is 0.407 e. The highest BCUT2D eigenvalue weighted by molar-refractivity contribution is 6.70. The molecular formula is C39H50N2O8Si. The van der Waals surface area contributed by atoms with Gasteiger partial charge in [0.25, 0.3) is 0 Å². The highest BCUT2D eigenvalue weighted by Crippen LogP contribution is 2.60. The van der Waals surface area contributed by atoms with Crippen LogP contribution in [0.15, 0.2) is 72.8 Å². The SMILES string of the molecule is CC(C)[Si]1(C(C)C)OC[C@@]23C(=O)O[C@@H](C[C@@H](C)C(O)/C=C/C=C/CNC(=O)OCC4c5ccccc5-c5ccccc54)[C@]2(O1)[C@@H](C)C(=O)N3C. The van der Waals surface area contributed by atoms with Crippen LogP contribution in [0.3, 0.4) is 0 Å². The van der Waals surface area contributed by atoms with Crippen LogP contribution in [0, 0.1) is 11.8 Å². The maximum atomic E-state index is 13.7. The summed E-state index contributed by atoms with van der Waals surface area (Å²) in [4.78, 5) is 41.1. The van der Waals surface area contributed by atoms with Crippen LogP contribution in [-0.4, -0.2) is 86.7 Å². The number of ether oxygens (including phenoxy) is 2. The van der Waals surface area contributed by atoms with Gasteiger partial charge in [0.05, 0.1) is 18.6 Å². The van der Waals surface area contributed by atoms with E-state index in [1.807, 2.05) is 38.1 Å². The maximum Gasteiger partial charge on any atom is 0.407 e. The summed E-state index contributed by atoms with van der Waals surface area (Å²) in [7, 11) is -1.26. The van der Waals surface area contributed by atoms with E-state index in [-0.39, 0.29) is 48.6 Å². The van der Waals surface area contributed by atoms with Crippen LogP contribution in [0.5, 0.6) is 0 Å². The molecule has 2 aromatic rings. The molecule has 2 aromatic carbocycles. The van der Waals surface area contributed by atoms with Crippen molar-refractivity contribution < 1.29 is 37.8 Å². The van der Waals surface area contributed by atoms with Crippen LogP contribution in [0.1, 0.15) is 65.0 Å². The van der Waals surface area contributed by atoms with Gasteiger partial charge in [-0.05, 0) is 45.7 Å². The van der Waals surface area contributed by atoms with Crippen LogP contribution in [-0.2, 0) is 27.9 Å². The molecule has 0 radical (unpaired) electrons. The summed E-state index contributed by atoms with van der Waals surface area (Å²) in [5.74, 6) is -1.64. The van der Waals surface area contributed by atoms with Gasteiger partial charge in [-0.2, -0.15) is 0 Å². The predicted molar refractivity (Wildman–Crippen MR) is 191 cm³/mol. The van der Waals surface area contributed by atoms with Crippen molar-refractivity contribution in [2.45, 2.75) is 88.3 Å². The van der Waals surface area contributed by atoms with E-state index >= 15 is 0 Å². The first-order chi connectivity index (χ1) is 23.8. The molecule has 10 nitrogen and oxygen atoms in total. The first-order valence-corrected chi connectivity index (χ1v) is 19.7. The van der Waals surface area contributed by atoms with Gasteiger partial charge < -0.3 is 33.6 Å². The van der Waals surface area contributed by atoms with Gasteiger partial charge in [0.1, 0.15) is 18.3 Å². The van der Waals surface area contributed by atoms with Crippen molar-refractivity contribution in [3.05, 3.63) is 84.0 Å². The zero-order valence-electron chi connectivity index (χ0n) is 30.1. The number of carbonyl (C=O) groups is 3. The molecule has 0 bridgehead atoms. The molecule has 50 heavy (non-hydrogen) atoms. The van der Waals surface area contributed by atoms with Crippen molar-refractivity contribution in [2.75, 3.05) is 26.8 Å². The molecule has 4 aliphatic rings. The fourth-order valence-corrected chi connectivity index (χ4v) is 12.7. The standard InChI is InChI=1S/C39H50N2O8Si/c1-24(2)50(25(3)4)47-23-38-36(44)48-34(39(38,49-50)27(6)35(43)41(38)7)21-26(5)33(42)19-9-8-14-20-40-37(45)46-22-32-30-17-12-10-15-28(30)29-16-11-13-18-31(29)32/h8-19,24-27,32-34,42H,20-23H2,1-7H3,(H,40,45)/b14-8+,19-9+/t26-,27+,33?,34+,38-,39-/m1/s1. The van der Waals surface area contributed by atoms with Gasteiger partial charge in [0.2, 0.25) is 5.91 Å². The number of hydrogen-bond donors (Lipinski definition) is 2. The molecule has 0 aromatic heterocycles. The minimum absolute atomic E-state index is 0.00908. The second-order valence-electron chi connectivity index (χ2n) is 14.8.